The van der Waals surface area contributed by atoms with Gasteiger partial charge in [0.2, 0.25) is 10.0 Å². The molecule has 3 rings (SSSR count). The van der Waals surface area contributed by atoms with E-state index >= 15 is 0 Å². The fourth-order valence-electron chi connectivity index (χ4n) is 3.04. The number of morpholine rings is 1. The first-order valence-electron chi connectivity index (χ1n) is 9.15. The highest BCUT2D eigenvalue weighted by Crippen LogP contribution is 2.30. The molecule has 0 unspecified atom stereocenters. The summed E-state index contributed by atoms with van der Waals surface area (Å²) in [5.74, 6) is 0.645. The third-order valence-electron chi connectivity index (χ3n) is 4.42. The Kier molecular flexibility index (Phi) is 6.36. The van der Waals surface area contributed by atoms with E-state index in [1.165, 1.54) is 9.87 Å². The molecule has 7 heteroatoms. The quantitative estimate of drug-likeness (QED) is 0.787. The van der Waals surface area contributed by atoms with Crippen LogP contribution in [-0.2, 0) is 21.3 Å². The van der Waals surface area contributed by atoms with Crippen molar-refractivity contribution in [1.82, 2.24) is 4.31 Å². The fraction of sp³-hybridized carbons (Fsp3) is 0.400. The van der Waals surface area contributed by atoms with Crippen molar-refractivity contribution in [2.24, 2.45) is 0 Å². The SMILES string of the molecule is CCOc1ccc(S(=O)(=O)N2CCOCC2)cc1NCc1cccc(C)c1. The largest absolute Gasteiger partial charge is 0.492 e. The number of hydrogen-bond donors (Lipinski definition) is 1. The third kappa shape index (κ3) is 4.80. The van der Waals surface area contributed by atoms with Crippen LogP contribution in [0.15, 0.2) is 47.4 Å². The summed E-state index contributed by atoms with van der Waals surface area (Å²) < 4.78 is 38.3. The first-order chi connectivity index (χ1) is 13.0. The standard InChI is InChI=1S/C20H26N2O4S/c1-3-26-20-8-7-18(27(23,24)22-9-11-25-12-10-22)14-19(20)21-15-17-6-4-5-16(2)13-17/h4-8,13-14,21H,3,9-12,15H2,1-2H3. The topological polar surface area (TPSA) is 67.9 Å². The van der Waals surface area contributed by atoms with Crippen molar-refractivity contribution < 1.29 is 17.9 Å². The highest BCUT2D eigenvalue weighted by atomic mass is 32.2. The summed E-state index contributed by atoms with van der Waals surface area (Å²) in [4.78, 5) is 0.264. The van der Waals surface area contributed by atoms with E-state index in [0.717, 1.165) is 5.56 Å². The van der Waals surface area contributed by atoms with Gasteiger partial charge in [0.1, 0.15) is 5.75 Å². The molecule has 0 amide bonds. The molecule has 0 aromatic heterocycles. The molecule has 1 aliphatic rings. The minimum absolute atomic E-state index is 0.264. The molecule has 2 aromatic carbocycles. The summed E-state index contributed by atoms with van der Waals surface area (Å²) in [6.07, 6.45) is 0. The number of aryl methyl sites for hydroxylation is 1. The van der Waals surface area contributed by atoms with Crippen LogP contribution in [-0.4, -0.2) is 45.6 Å². The first kappa shape index (κ1) is 19.7. The van der Waals surface area contributed by atoms with Crippen molar-refractivity contribution in [2.45, 2.75) is 25.3 Å². The van der Waals surface area contributed by atoms with Crippen molar-refractivity contribution in [3.63, 3.8) is 0 Å². The van der Waals surface area contributed by atoms with E-state index in [9.17, 15) is 8.42 Å². The normalized spacial score (nSPS) is 15.5. The van der Waals surface area contributed by atoms with Crippen LogP contribution in [0.25, 0.3) is 0 Å². The fourth-order valence-corrected chi connectivity index (χ4v) is 4.48. The number of benzene rings is 2. The maximum absolute atomic E-state index is 12.9. The van der Waals surface area contributed by atoms with Gasteiger partial charge in [-0.05, 0) is 37.6 Å². The molecule has 146 valence electrons. The van der Waals surface area contributed by atoms with E-state index in [1.54, 1.807) is 18.2 Å². The van der Waals surface area contributed by atoms with Crippen LogP contribution >= 0.6 is 0 Å². The van der Waals surface area contributed by atoms with E-state index in [4.69, 9.17) is 9.47 Å². The Bertz CT molecular complexity index is 877. The average Bonchev–Trinajstić information content (AvgIpc) is 2.68. The molecule has 0 bridgehead atoms. The van der Waals surface area contributed by atoms with Crippen molar-refractivity contribution >= 4 is 15.7 Å². The summed E-state index contributed by atoms with van der Waals surface area (Å²) in [6.45, 7) is 6.65. The lowest BCUT2D eigenvalue weighted by Gasteiger charge is -2.26. The van der Waals surface area contributed by atoms with E-state index in [1.807, 2.05) is 32.0 Å². The van der Waals surface area contributed by atoms with Gasteiger partial charge in [0, 0.05) is 19.6 Å². The van der Waals surface area contributed by atoms with Crippen LogP contribution in [0.1, 0.15) is 18.1 Å². The first-order valence-corrected chi connectivity index (χ1v) is 10.6. The molecule has 0 radical (unpaired) electrons. The number of ether oxygens (including phenoxy) is 2. The number of anilines is 1. The zero-order valence-corrected chi connectivity index (χ0v) is 16.6. The van der Waals surface area contributed by atoms with E-state index in [2.05, 4.69) is 11.4 Å². The Labute approximate surface area is 161 Å². The lowest BCUT2D eigenvalue weighted by Crippen LogP contribution is -2.40. The number of rotatable bonds is 7. The van der Waals surface area contributed by atoms with Gasteiger partial charge in [-0.25, -0.2) is 8.42 Å². The third-order valence-corrected chi connectivity index (χ3v) is 6.32. The summed E-state index contributed by atoms with van der Waals surface area (Å²) >= 11 is 0. The molecule has 1 fully saturated rings. The Balaban J connectivity index is 1.85. The Morgan fingerprint density at radius 1 is 1.15 bits per heavy atom. The lowest BCUT2D eigenvalue weighted by atomic mass is 10.1. The molecule has 27 heavy (non-hydrogen) atoms. The summed E-state index contributed by atoms with van der Waals surface area (Å²) in [5.41, 5.74) is 2.98. The number of sulfonamides is 1. The van der Waals surface area contributed by atoms with Crippen molar-refractivity contribution in [3.8, 4) is 5.75 Å². The molecule has 2 aromatic rings. The molecule has 1 saturated heterocycles. The molecule has 1 aliphatic heterocycles. The highest BCUT2D eigenvalue weighted by molar-refractivity contribution is 7.89. The summed E-state index contributed by atoms with van der Waals surface area (Å²) in [6, 6.07) is 13.2. The average molecular weight is 391 g/mol. The molecule has 0 saturated carbocycles. The Hall–Kier alpha value is -2.09. The van der Waals surface area contributed by atoms with Crippen molar-refractivity contribution in [1.29, 1.82) is 0 Å². The zero-order valence-electron chi connectivity index (χ0n) is 15.8. The minimum atomic E-state index is -3.55. The number of nitrogens with one attached hydrogen (secondary N) is 1. The molecule has 6 nitrogen and oxygen atoms in total. The molecule has 1 heterocycles. The molecule has 0 atom stereocenters. The second-order valence-electron chi connectivity index (χ2n) is 6.45. The van der Waals surface area contributed by atoms with Gasteiger partial charge in [-0.2, -0.15) is 4.31 Å². The maximum Gasteiger partial charge on any atom is 0.243 e. The lowest BCUT2D eigenvalue weighted by molar-refractivity contribution is 0.0730. The van der Waals surface area contributed by atoms with E-state index in [-0.39, 0.29) is 4.90 Å². The molecule has 1 N–H and O–H groups in total. The van der Waals surface area contributed by atoms with Gasteiger partial charge >= 0.3 is 0 Å². The Morgan fingerprint density at radius 3 is 2.63 bits per heavy atom. The Morgan fingerprint density at radius 2 is 1.93 bits per heavy atom. The monoisotopic (exact) mass is 390 g/mol. The van der Waals surface area contributed by atoms with Gasteiger partial charge in [0.15, 0.2) is 0 Å². The van der Waals surface area contributed by atoms with Gasteiger partial charge in [-0.3, -0.25) is 0 Å². The smallest absolute Gasteiger partial charge is 0.243 e. The minimum Gasteiger partial charge on any atom is -0.492 e. The number of nitrogens with zero attached hydrogens (tertiary/aromatic N) is 1. The molecule has 0 spiro atoms. The van der Waals surface area contributed by atoms with Crippen LogP contribution in [0.5, 0.6) is 5.75 Å². The second-order valence-corrected chi connectivity index (χ2v) is 8.39. The van der Waals surface area contributed by atoms with Gasteiger partial charge in [-0.15, -0.1) is 0 Å². The van der Waals surface area contributed by atoms with Gasteiger partial charge in [-0.1, -0.05) is 29.8 Å². The van der Waals surface area contributed by atoms with Crippen LogP contribution < -0.4 is 10.1 Å². The zero-order chi connectivity index (χ0) is 19.3. The van der Waals surface area contributed by atoms with Crippen LogP contribution in [0.3, 0.4) is 0 Å². The van der Waals surface area contributed by atoms with Crippen molar-refractivity contribution in [3.05, 3.63) is 53.6 Å². The van der Waals surface area contributed by atoms with Crippen LogP contribution in [0.4, 0.5) is 5.69 Å². The maximum atomic E-state index is 12.9. The summed E-state index contributed by atoms with van der Waals surface area (Å²) in [5, 5.41) is 3.32. The molecular weight excluding hydrogens is 364 g/mol. The summed E-state index contributed by atoms with van der Waals surface area (Å²) in [7, 11) is -3.55. The van der Waals surface area contributed by atoms with Gasteiger partial charge in [0.05, 0.1) is 30.4 Å². The predicted octanol–water partition coefficient (Wildman–Crippen LogP) is 3.03. The van der Waals surface area contributed by atoms with Crippen LogP contribution in [0, 0.1) is 6.92 Å². The van der Waals surface area contributed by atoms with Crippen LogP contribution in [0.2, 0.25) is 0 Å². The highest BCUT2D eigenvalue weighted by Gasteiger charge is 2.27. The second kappa shape index (κ2) is 8.73. The number of hydrogen-bond acceptors (Lipinski definition) is 5. The predicted molar refractivity (Wildman–Crippen MR) is 106 cm³/mol. The van der Waals surface area contributed by atoms with Crippen molar-refractivity contribution in [2.75, 3.05) is 38.2 Å². The van der Waals surface area contributed by atoms with Gasteiger partial charge < -0.3 is 14.8 Å². The molecular formula is C20H26N2O4S. The van der Waals surface area contributed by atoms with Gasteiger partial charge in [0.25, 0.3) is 0 Å². The van der Waals surface area contributed by atoms with E-state index < -0.39 is 10.0 Å². The van der Waals surface area contributed by atoms with E-state index in [0.29, 0.717) is 50.9 Å². The molecule has 0 aliphatic carbocycles.